The number of carbonyl (C=O) groups excluding carboxylic acids is 1. The van der Waals surface area contributed by atoms with Gasteiger partial charge in [0.25, 0.3) is 5.82 Å². The van der Waals surface area contributed by atoms with Gasteiger partial charge in [-0.05, 0) is 18.3 Å². The molecule has 23 heavy (non-hydrogen) atoms. The number of aromatic nitrogens is 3. The largest absolute Gasteiger partial charge is 0.453 e. The van der Waals surface area contributed by atoms with Gasteiger partial charge >= 0.3 is 6.18 Å². The third kappa shape index (κ3) is 4.30. The van der Waals surface area contributed by atoms with Crippen LogP contribution in [0.25, 0.3) is 0 Å². The molecule has 2 rings (SSSR count). The van der Waals surface area contributed by atoms with Crippen LogP contribution in [0.1, 0.15) is 38.9 Å². The Hall–Kier alpha value is -1.45. The highest BCUT2D eigenvalue weighted by Crippen LogP contribution is 2.30. The Morgan fingerprint density at radius 2 is 2.09 bits per heavy atom. The molecular weight excluding hydrogens is 331 g/mol. The number of alkyl halides is 3. The van der Waals surface area contributed by atoms with E-state index < -0.39 is 12.0 Å². The number of nitrogens with zero attached hydrogens (tertiary/aromatic N) is 3. The molecule has 0 saturated heterocycles. The normalized spacial score (nSPS) is 25.3. The lowest BCUT2D eigenvalue weighted by Gasteiger charge is -2.34. The van der Waals surface area contributed by atoms with Gasteiger partial charge in [-0.1, -0.05) is 38.5 Å². The van der Waals surface area contributed by atoms with Crippen molar-refractivity contribution in [1.82, 2.24) is 20.2 Å². The summed E-state index contributed by atoms with van der Waals surface area (Å²) in [4.78, 5) is 12.0. The predicted molar refractivity (Wildman–Crippen MR) is 80.0 cm³/mol. The Balaban J connectivity index is 1.89. The summed E-state index contributed by atoms with van der Waals surface area (Å²) >= 11 is 0.835. The van der Waals surface area contributed by atoms with Gasteiger partial charge in [0, 0.05) is 6.04 Å². The number of carbonyl (C=O) groups is 1. The zero-order valence-electron chi connectivity index (χ0n) is 12.9. The van der Waals surface area contributed by atoms with E-state index in [0.29, 0.717) is 16.5 Å². The summed E-state index contributed by atoms with van der Waals surface area (Å²) < 4.78 is 38.0. The zero-order chi connectivity index (χ0) is 17.2. The van der Waals surface area contributed by atoms with Crippen molar-refractivity contribution < 1.29 is 18.0 Å². The first-order valence-corrected chi connectivity index (χ1v) is 8.38. The molecular formula is C13H20F3N5OS. The van der Waals surface area contributed by atoms with Crippen LogP contribution in [0, 0.1) is 11.8 Å². The van der Waals surface area contributed by atoms with Crippen molar-refractivity contribution in [3.05, 3.63) is 5.82 Å². The van der Waals surface area contributed by atoms with Gasteiger partial charge in [0.2, 0.25) is 11.1 Å². The van der Waals surface area contributed by atoms with E-state index in [9.17, 15) is 18.0 Å². The monoisotopic (exact) mass is 351 g/mol. The molecule has 0 bridgehead atoms. The molecule has 6 nitrogen and oxygen atoms in total. The molecule has 0 radical (unpaired) electrons. The molecule has 10 heteroatoms. The second-order valence-electron chi connectivity index (χ2n) is 5.90. The van der Waals surface area contributed by atoms with E-state index >= 15 is 0 Å². The maximum Gasteiger partial charge on any atom is 0.453 e. The first-order valence-electron chi connectivity index (χ1n) is 7.40. The maximum atomic E-state index is 12.6. The summed E-state index contributed by atoms with van der Waals surface area (Å²) in [5.41, 5.74) is 0. The number of nitrogens with one attached hydrogen (secondary N) is 1. The number of rotatable bonds is 4. The van der Waals surface area contributed by atoms with Gasteiger partial charge in [0.1, 0.15) is 0 Å². The highest BCUT2D eigenvalue weighted by Gasteiger charge is 2.38. The number of nitrogens with two attached hydrogens (primary N) is 1. The fourth-order valence-corrected chi connectivity index (χ4v) is 3.40. The zero-order valence-corrected chi connectivity index (χ0v) is 13.7. The molecule has 1 fully saturated rings. The van der Waals surface area contributed by atoms with Gasteiger partial charge in [0.05, 0.1) is 5.75 Å². The van der Waals surface area contributed by atoms with Crippen LogP contribution in [0.5, 0.6) is 0 Å². The minimum Gasteiger partial charge on any atom is -0.352 e. The summed E-state index contributed by atoms with van der Waals surface area (Å²) in [7, 11) is 0. The lowest BCUT2D eigenvalue weighted by atomic mass is 9.78. The Morgan fingerprint density at radius 1 is 1.39 bits per heavy atom. The van der Waals surface area contributed by atoms with Crippen molar-refractivity contribution in [2.75, 3.05) is 11.6 Å². The Kier molecular flexibility index (Phi) is 5.43. The highest BCUT2D eigenvalue weighted by molar-refractivity contribution is 7.99. The summed E-state index contributed by atoms with van der Waals surface area (Å²) in [6, 6.07) is 0.105. The minimum atomic E-state index is -4.67. The average Bonchev–Trinajstić information content (AvgIpc) is 2.83. The van der Waals surface area contributed by atoms with Crippen LogP contribution in [0.15, 0.2) is 5.16 Å². The number of nitrogen functional groups attached to an aromatic ring is 1. The third-order valence-electron chi connectivity index (χ3n) is 4.30. The number of thioether (sulfide) groups is 1. The van der Waals surface area contributed by atoms with Crippen molar-refractivity contribution in [2.24, 2.45) is 11.8 Å². The number of amides is 1. The highest BCUT2D eigenvalue weighted by atomic mass is 32.2. The van der Waals surface area contributed by atoms with Crippen LogP contribution in [-0.4, -0.2) is 32.6 Å². The molecule has 1 aliphatic rings. The first-order chi connectivity index (χ1) is 10.7. The smallest absolute Gasteiger partial charge is 0.352 e. The van der Waals surface area contributed by atoms with Gasteiger partial charge in [-0.3, -0.25) is 4.79 Å². The standard InChI is InChI=1S/C13H20F3N5OS/c1-7-4-3-5-9(8(7)2)18-10(22)6-23-12-20-19-11(21(12)17)13(14,15)16/h7-9H,3-6,17H2,1-2H3,(H,18,22)/t7-,8-,9-/m1/s1. The molecule has 0 aliphatic heterocycles. The Morgan fingerprint density at radius 3 is 2.70 bits per heavy atom. The summed E-state index contributed by atoms with van der Waals surface area (Å²) in [6.07, 6.45) is -1.53. The van der Waals surface area contributed by atoms with Crippen molar-refractivity contribution in [3.63, 3.8) is 0 Å². The van der Waals surface area contributed by atoms with Crippen LogP contribution >= 0.6 is 11.8 Å². The third-order valence-corrected chi connectivity index (χ3v) is 5.25. The Bertz CT molecular complexity index is 562. The quantitative estimate of drug-likeness (QED) is 0.640. The summed E-state index contributed by atoms with van der Waals surface area (Å²) in [6.45, 7) is 4.27. The number of hydrogen-bond acceptors (Lipinski definition) is 5. The van der Waals surface area contributed by atoms with Gasteiger partial charge < -0.3 is 11.2 Å². The molecule has 0 spiro atoms. The van der Waals surface area contributed by atoms with Crippen LogP contribution in [0.2, 0.25) is 0 Å². The van der Waals surface area contributed by atoms with Crippen molar-refractivity contribution in [3.8, 4) is 0 Å². The summed E-state index contributed by atoms with van der Waals surface area (Å²) in [5, 5.41) is 9.20. The van der Waals surface area contributed by atoms with E-state index in [4.69, 9.17) is 5.84 Å². The van der Waals surface area contributed by atoms with Gasteiger partial charge in [-0.2, -0.15) is 13.2 Å². The molecule has 3 atom stereocenters. The van der Waals surface area contributed by atoms with Crippen LogP contribution in [0.4, 0.5) is 13.2 Å². The van der Waals surface area contributed by atoms with Crippen molar-refractivity contribution in [1.29, 1.82) is 0 Å². The fourth-order valence-electron chi connectivity index (χ4n) is 2.73. The van der Waals surface area contributed by atoms with E-state index in [1.54, 1.807) is 0 Å². The van der Waals surface area contributed by atoms with Gasteiger partial charge in [0.15, 0.2) is 0 Å². The molecule has 1 aliphatic carbocycles. The first kappa shape index (κ1) is 17.9. The fraction of sp³-hybridized carbons (Fsp3) is 0.769. The molecule has 1 saturated carbocycles. The molecule has 130 valence electrons. The van der Waals surface area contributed by atoms with E-state index in [1.165, 1.54) is 0 Å². The van der Waals surface area contributed by atoms with Gasteiger partial charge in [-0.15, -0.1) is 10.2 Å². The average molecular weight is 351 g/mol. The summed E-state index contributed by atoms with van der Waals surface area (Å²) in [5.74, 6) is 4.67. The molecule has 1 aromatic rings. The lowest BCUT2D eigenvalue weighted by molar-refractivity contribution is -0.146. The molecule has 1 amide bonds. The number of hydrogen-bond donors (Lipinski definition) is 2. The second-order valence-corrected chi connectivity index (χ2v) is 6.85. The van der Waals surface area contributed by atoms with Crippen molar-refractivity contribution in [2.45, 2.75) is 50.5 Å². The lowest BCUT2D eigenvalue weighted by Crippen LogP contribution is -2.44. The molecule has 1 heterocycles. The van der Waals surface area contributed by atoms with E-state index in [-0.39, 0.29) is 22.9 Å². The molecule has 0 unspecified atom stereocenters. The van der Waals surface area contributed by atoms with Gasteiger partial charge in [-0.25, -0.2) is 4.68 Å². The van der Waals surface area contributed by atoms with E-state index in [0.717, 1.165) is 31.0 Å². The molecule has 1 aromatic heterocycles. The topological polar surface area (TPSA) is 85.8 Å². The maximum absolute atomic E-state index is 12.6. The van der Waals surface area contributed by atoms with E-state index in [1.807, 2.05) is 0 Å². The Labute approximate surface area is 136 Å². The SMILES string of the molecule is C[C@@H]1[C@H](C)CCC[C@H]1NC(=O)CSc1nnc(C(F)(F)F)n1N. The predicted octanol–water partition coefficient (Wildman–Crippen LogP) is 2.04. The minimum absolute atomic E-state index is 0.0508. The molecule has 0 aromatic carbocycles. The van der Waals surface area contributed by atoms with Crippen molar-refractivity contribution >= 4 is 17.7 Å². The second kappa shape index (κ2) is 6.98. The van der Waals surface area contributed by atoms with Crippen LogP contribution in [0.3, 0.4) is 0 Å². The number of halogens is 3. The van der Waals surface area contributed by atoms with E-state index in [2.05, 4.69) is 29.4 Å². The van der Waals surface area contributed by atoms with Crippen LogP contribution < -0.4 is 11.2 Å². The molecule has 3 N–H and O–H groups in total. The van der Waals surface area contributed by atoms with Crippen LogP contribution in [-0.2, 0) is 11.0 Å².